The Balaban J connectivity index is 1.67. The highest BCUT2D eigenvalue weighted by Gasteiger charge is 2.43. The number of nitriles is 1. The molecule has 0 saturated carbocycles. The summed E-state index contributed by atoms with van der Waals surface area (Å²) in [4.78, 5) is 9.97. The molecule has 1 fully saturated rings. The minimum Gasteiger partial charge on any atom is -0.345 e. The predicted molar refractivity (Wildman–Crippen MR) is 92.7 cm³/mol. The Morgan fingerprint density at radius 2 is 2.04 bits per heavy atom. The van der Waals surface area contributed by atoms with Crippen LogP contribution in [0.1, 0.15) is 45.6 Å². The first kappa shape index (κ1) is 16.0. The summed E-state index contributed by atoms with van der Waals surface area (Å²) in [6.45, 7) is 9.96. The highest BCUT2D eigenvalue weighted by molar-refractivity contribution is 5.74. The van der Waals surface area contributed by atoms with Crippen molar-refractivity contribution in [3.8, 4) is 6.07 Å². The van der Waals surface area contributed by atoms with Gasteiger partial charge < -0.3 is 4.98 Å². The van der Waals surface area contributed by atoms with E-state index in [2.05, 4.69) is 59.9 Å². The van der Waals surface area contributed by atoms with E-state index >= 15 is 0 Å². The van der Waals surface area contributed by atoms with Gasteiger partial charge in [0.1, 0.15) is 0 Å². The van der Waals surface area contributed by atoms with Crippen molar-refractivity contribution in [3.05, 3.63) is 30.1 Å². The summed E-state index contributed by atoms with van der Waals surface area (Å²) < 4.78 is 0. The molecular formula is C19H26N4. The topological polar surface area (TPSA) is 55.7 Å². The van der Waals surface area contributed by atoms with Gasteiger partial charge in [0.15, 0.2) is 0 Å². The number of fused-ring (bicyclic) bond motifs is 1. The number of imidazole rings is 1. The Morgan fingerprint density at radius 3 is 2.70 bits per heavy atom. The van der Waals surface area contributed by atoms with E-state index in [0.29, 0.717) is 6.42 Å². The van der Waals surface area contributed by atoms with Crippen LogP contribution in [-0.4, -0.2) is 28.0 Å². The van der Waals surface area contributed by atoms with Gasteiger partial charge >= 0.3 is 0 Å². The zero-order chi connectivity index (χ0) is 16.5. The number of nitrogens with one attached hydrogen (secondary N) is 1. The van der Waals surface area contributed by atoms with Crippen LogP contribution in [0.2, 0.25) is 0 Å². The molecule has 0 atom stereocenters. The average molecular weight is 310 g/mol. The van der Waals surface area contributed by atoms with Crippen molar-refractivity contribution in [2.24, 2.45) is 10.8 Å². The first-order chi connectivity index (χ1) is 10.9. The number of nitrogens with zero attached hydrogens (tertiary/aromatic N) is 3. The zero-order valence-electron chi connectivity index (χ0n) is 14.4. The number of aromatic nitrogens is 2. The normalized spacial score (nSPS) is 18.9. The maximum atomic E-state index is 9.26. The molecule has 0 amide bonds. The fourth-order valence-corrected chi connectivity index (χ4v) is 3.82. The number of H-pyrrole nitrogens is 1. The second-order valence-electron chi connectivity index (χ2n) is 7.90. The van der Waals surface area contributed by atoms with Gasteiger partial charge in [0.25, 0.3) is 0 Å². The molecule has 3 rings (SSSR count). The number of rotatable bonds is 3. The van der Waals surface area contributed by atoms with Crippen LogP contribution < -0.4 is 0 Å². The fraction of sp³-hybridized carbons (Fsp3) is 0.579. The molecule has 4 heteroatoms. The number of benzene rings is 1. The molecule has 0 bridgehead atoms. The lowest BCUT2D eigenvalue weighted by Gasteiger charge is -2.49. The highest BCUT2D eigenvalue weighted by Crippen LogP contribution is 2.49. The van der Waals surface area contributed by atoms with Crippen LogP contribution in [0.3, 0.4) is 0 Å². The SMILES string of the molecule is CC(C)(C)C1(CC#N)CCN(Cc2ccc3nc[nH]c3c2)CC1. The minimum atomic E-state index is 0.158. The van der Waals surface area contributed by atoms with E-state index in [9.17, 15) is 5.26 Å². The summed E-state index contributed by atoms with van der Waals surface area (Å²) in [7, 11) is 0. The minimum absolute atomic E-state index is 0.158. The molecule has 0 spiro atoms. The van der Waals surface area contributed by atoms with Crippen molar-refractivity contribution in [2.45, 2.75) is 46.6 Å². The van der Waals surface area contributed by atoms with Gasteiger partial charge in [0.05, 0.1) is 23.4 Å². The Hall–Kier alpha value is -1.86. The van der Waals surface area contributed by atoms with Crippen molar-refractivity contribution in [1.29, 1.82) is 5.26 Å². The molecule has 1 aliphatic heterocycles. The summed E-state index contributed by atoms with van der Waals surface area (Å²) in [5, 5.41) is 9.26. The lowest BCUT2D eigenvalue weighted by Crippen LogP contribution is -2.46. The van der Waals surface area contributed by atoms with Gasteiger partial charge in [0, 0.05) is 13.0 Å². The van der Waals surface area contributed by atoms with Gasteiger partial charge in [-0.3, -0.25) is 4.90 Å². The molecule has 1 saturated heterocycles. The van der Waals surface area contributed by atoms with Gasteiger partial charge in [0.2, 0.25) is 0 Å². The Morgan fingerprint density at radius 1 is 1.30 bits per heavy atom. The summed E-state index contributed by atoms with van der Waals surface area (Å²) in [5.74, 6) is 0. The van der Waals surface area contributed by atoms with Crippen molar-refractivity contribution in [3.63, 3.8) is 0 Å². The van der Waals surface area contributed by atoms with E-state index in [-0.39, 0.29) is 10.8 Å². The average Bonchev–Trinajstić information content (AvgIpc) is 2.96. The van der Waals surface area contributed by atoms with E-state index in [0.717, 1.165) is 43.5 Å². The number of likely N-dealkylation sites (tertiary alicyclic amines) is 1. The van der Waals surface area contributed by atoms with Crippen molar-refractivity contribution >= 4 is 11.0 Å². The lowest BCUT2D eigenvalue weighted by molar-refractivity contribution is 0.00712. The molecule has 0 aliphatic carbocycles. The van der Waals surface area contributed by atoms with Crippen LogP contribution in [-0.2, 0) is 6.54 Å². The maximum Gasteiger partial charge on any atom is 0.0931 e. The Labute approximate surface area is 138 Å². The second-order valence-corrected chi connectivity index (χ2v) is 7.90. The monoisotopic (exact) mass is 310 g/mol. The van der Waals surface area contributed by atoms with Crippen LogP contribution in [0.15, 0.2) is 24.5 Å². The van der Waals surface area contributed by atoms with Crippen LogP contribution in [0, 0.1) is 22.2 Å². The molecule has 1 aromatic heterocycles. The third kappa shape index (κ3) is 3.11. The number of aromatic amines is 1. The van der Waals surface area contributed by atoms with Crippen molar-refractivity contribution < 1.29 is 0 Å². The molecule has 23 heavy (non-hydrogen) atoms. The van der Waals surface area contributed by atoms with Gasteiger partial charge in [-0.2, -0.15) is 5.26 Å². The quantitative estimate of drug-likeness (QED) is 0.928. The lowest BCUT2D eigenvalue weighted by atomic mass is 9.60. The number of piperidine rings is 1. The molecule has 4 nitrogen and oxygen atoms in total. The molecular weight excluding hydrogens is 284 g/mol. The molecule has 1 aromatic carbocycles. The van der Waals surface area contributed by atoms with E-state index in [4.69, 9.17) is 0 Å². The summed E-state index contributed by atoms with van der Waals surface area (Å²) in [6, 6.07) is 8.89. The number of hydrogen-bond acceptors (Lipinski definition) is 3. The third-order valence-corrected chi connectivity index (χ3v) is 5.71. The Bertz CT molecular complexity index is 709. The van der Waals surface area contributed by atoms with Crippen LogP contribution in [0.5, 0.6) is 0 Å². The van der Waals surface area contributed by atoms with E-state index in [1.54, 1.807) is 6.33 Å². The molecule has 1 N–H and O–H groups in total. The highest BCUT2D eigenvalue weighted by atomic mass is 15.1. The van der Waals surface area contributed by atoms with Crippen molar-refractivity contribution in [1.82, 2.24) is 14.9 Å². The first-order valence-corrected chi connectivity index (χ1v) is 8.45. The van der Waals surface area contributed by atoms with Crippen molar-refractivity contribution in [2.75, 3.05) is 13.1 Å². The largest absolute Gasteiger partial charge is 0.345 e. The van der Waals surface area contributed by atoms with Gasteiger partial charge in [-0.1, -0.05) is 26.8 Å². The first-order valence-electron chi connectivity index (χ1n) is 8.45. The van der Waals surface area contributed by atoms with Crippen LogP contribution in [0.4, 0.5) is 0 Å². The molecule has 0 radical (unpaired) electrons. The van der Waals surface area contributed by atoms with E-state index in [1.807, 2.05) is 0 Å². The zero-order valence-corrected chi connectivity index (χ0v) is 14.4. The third-order valence-electron chi connectivity index (χ3n) is 5.71. The molecule has 0 unspecified atom stereocenters. The summed E-state index contributed by atoms with van der Waals surface area (Å²) in [6.07, 6.45) is 4.63. The smallest absolute Gasteiger partial charge is 0.0931 e. The standard InChI is InChI=1S/C19H26N4/c1-18(2,3)19(6-9-20)7-10-23(11-8-19)13-15-4-5-16-17(12-15)22-14-21-16/h4-5,12,14H,6-8,10-11,13H2,1-3H3,(H,21,22). The van der Waals surface area contributed by atoms with Gasteiger partial charge in [-0.15, -0.1) is 0 Å². The number of hydrogen-bond donors (Lipinski definition) is 1. The van der Waals surface area contributed by atoms with E-state index in [1.165, 1.54) is 5.56 Å². The van der Waals surface area contributed by atoms with Gasteiger partial charge in [-0.05, 0) is 54.5 Å². The molecule has 1 aliphatic rings. The molecule has 122 valence electrons. The summed E-state index contributed by atoms with van der Waals surface area (Å²) in [5.41, 5.74) is 3.79. The van der Waals surface area contributed by atoms with E-state index < -0.39 is 0 Å². The van der Waals surface area contributed by atoms with Gasteiger partial charge in [-0.25, -0.2) is 4.98 Å². The summed E-state index contributed by atoms with van der Waals surface area (Å²) >= 11 is 0. The second kappa shape index (κ2) is 5.98. The predicted octanol–water partition coefficient (Wildman–Crippen LogP) is 4.10. The molecule has 2 heterocycles. The van der Waals surface area contributed by atoms with Crippen LogP contribution in [0.25, 0.3) is 11.0 Å². The maximum absolute atomic E-state index is 9.26. The van der Waals surface area contributed by atoms with Crippen LogP contribution >= 0.6 is 0 Å². The fourth-order valence-electron chi connectivity index (χ4n) is 3.82. The Kier molecular flexibility index (Phi) is 4.16. The molecule has 2 aromatic rings.